The summed E-state index contributed by atoms with van der Waals surface area (Å²) in [4.78, 5) is 2.33. The molecule has 2 aliphatic rings. The number of fused-ring (bicyclic) bond motifs is 3. The van der Waals surface area contributed by atoms with Gasteiger partial charge in [0.1, 0.15) is 0 Å². The van der Waals surface area contributed by atoms with Gasteiger partial charge in [0, 0.05) is 0 Å². The van der Waals surface area contributed by atoms with Gasteiger partial charge in [0.15, 0.2) is 0 Å². The van der Waals surface area contributed by atoms with Gasteiger partial charge in [-0.1, -0.05) is 0 Å². The Morgan fingerprint density at radius 1 is 0.879 bits per heavy atom. The number of nitrogens with zero attached hydrogens (tertiary/aromatic N) is 1. The van der Waals surface area contributed by atoms with Crippen LogP contribution in [0.25, 0.3) is 11.1 Å². The van der Waals surface area contributed by atoms with Crippen molar-refractivity contribution in [1.29, 1.82) is 0 Å². The van der Waals surface area contributed by atoms with E-state index in [0.29, 0.717) is 16.7 Å². The van der Waals surface area contributed by atoms with Gasteiger partial charge in [-0.25, -0.2) is 0 Å². The quantitative estimate of drug-likeness (QED) is 0.282. The number of nitrogens with two attached hydrogens (primary N) is 1. The Balaban J connectivity index is 1.57. The Labute approximate surface area is 207 Å². The van der Waals surface area contributed by atoms with E-state index >= 15 is 0 Å². The van der Waals surface area contributed by atoms with Crippen molar-refractivity contribution >= 4 is 18.6 Å². The second-order valence-corrected chi connectivity index (χ2v) is 24.4. The first-order valence-electron chi connectivity index (χ1n) is 12.0. The molecule has 0 spiro atoms. The average molecular weight is 516 g/mol. The first-order valence-corrected chi connectivity index (χ1v) is 19.2. The summed E-state index contributed by atoms with van der Waals surface area (Å²) in [5.74, 6) is 0.297. The molecular weight excluding hydrogens is 483 g/mol. The van der Waals surface area contributed by atoms with E-state index in [0.717, 1.165) is 31.2 Å². The van der Waals surface area contributed by atoms with Crippen LogP contribution in [0.4, 0.5) is 0 Å². The number of hydrogen-bond donors (Lipinski definition) is 1. The van der Waals surface area contributed by atoms with Crippen molar-refractivity contribution in [2.24, 2.45) is 4.22 Å². The minimum atomic E-state index is -4.40. The topological polar surface area (TPSA) is 29.3 Å². The predicted molar refractivity (Wildman–Crippen MR) is 139 cm³/mol. The van der Waals surface area contributed by atoms with E-state index in [4.69, 9.17) is 22.8 Å². The van der Waals surface area contributed by atoms with E-state index in [2.05, 4.69) is 73.6 Å². The van der Waals surface area contributed by atoms with E-state index in [1.54, 1.807) is 0 Å². The van der Waals surface area contributed by atoms with Crippen molar-refractivity contribution in [3.8, 4) is 11.1 Å². The second kappa shape index (κ2) is 8.83. The van der Waals surface area contributed by atoms with E-state index in [9.17, 15) is 0 Å². The molecular formula is C28H33Cl2N2Ti. The summed E-state index contributed by atoms with van der Waals surface area (Å²) in [5.41, 5.74) is 8.17. The van der Waals surface area contributed by atoms with Crippen LogP contribution < -0.4 is 4.22 Å². The molecule has 1 fully saturated rings. The molecule has 5 heteroatoms. The molecule has 3 aromatic rings. The molecule has 2 aliphatic carbocycles. The summed E-state index contributed by atoms with van der Waals surface area (Å²) >= 11 is -4.40. The number of benzene rings is 3. The second-order valence-electron chi connectivity index (χ2n) is 10.4. The summed E-state index contributed by atoms with van der Waals surface area (Å²) in [6.45, 7) is 0. The van der Waals surface area contributed by atoms with Gasteiger partial charge >= 0.3 is 208 Å². The molecule has 0 heterocycles. The van der Waals surface area contributed by atoms with Crippen molar-refractivity contribution in [3.05, 3.63) is 95.1 Å². The molecule has 0 aromatic heterocycles. The van der Waals surface area contributed by atoms with Crippen LogP contribution in [0.1, 0.15) is 47.4 Å². The van der Waals surface area contributed by atoms with Gasteiger partial charge in [-0.15, -0.1) is 0 Å². The molecule has 0 aliphatic heterocycles. The van der Waals surface area contributed by atoms with Crippen LogP contribution in [0.2, 0.25) is 4.22 Å². The van der Waals surface area contributed by atoms with E-state index in [-0.39, 0.29) is 4.22 Å². The van der Waals surface area contributed by atoms with Crippen LogP contribution in [0.5, 0.6) is 0 Å². The fourth-order valence-corrected chi connectivity index (χ4v) is 14.5. The minimum absolute atomic E-state index is 0.113. The first-order chi connectivity index (χ1) is 15.7. The molecule has 2 N–H and O–H groups in total. The van der Waals surface area contributed by atoms with Gasteiger partial charge in [0.2, 0.25) is 0 Å². The fraction of sp³-hybridized carbons (Fsp3) is 0.357. The first kappa shape index (κ1) is 23.6. The Bertz CT molecular complexity index is 1150. The number of halogens is 2. The maximum absolute atomic E-state index is 7.48. The number of rotatable bonds is 5. The zero-order chi connectivity index (χ0) is 23.2. The molecule has 0 bridgehead atoms. The third-order valence-corrected chi connectivity index (χ3v) is 16.4. The summed E-state index contributed by atoms with van der Waals surface area (Å²) in [7, 11) is 19.3. The maximum atomic E-state index is 7.48. The predicted octanol–water partition coefficient (Wildman–Crippen LogP) is 7.32. The van der Waals surface area contributed by atoms with Gasteiger partial charge in [0.25, 0.3) is 0 Å². The zero-order valence-corrected chi connectivity index (χ0v) is 22.5. The third-order valence-electron chi connectivity index (χ3n) is 7.98. The van der Waals surface area contributed by atoms with Crippen LogP contribution in [0.3, 0.4) is 0 Å². The van der Waals surface area contributed by atoms with Crippen molar-refractivity contribution in [2.45, 2.75) is 46.6 Å². The Kier molecular flexibility index (Phi) is 6.31. The van der Waals surface area contributed by atoms with Gasteiger partial charge in [0.05, 0.1) is 0 Å². The Hall–Kier alpha value is -1.13. The van der Waals surface area contributed by atoms with Crippen LogP contribution in [0, 0.1) is 0 Å². The molecule has 1 saturated carbocycles. The third kappa shape index (κ3) is 4.59. The molecule has 173 valence electrons. The van der Waals surface area contributed by atoms with Crippen LogP contribution in [0.15, 0.2) is 72.8 Å². The Morgan fingerprint density at radius 3 is 2.33 bits per heavy atom. The monoisotopic (exact) mass is 515 g/mol. The van der Waals surface area contributed by atoms with Gasteiger partial charge < -0.3 is 0 Å². The van der Waals surface area contributed by atoms with E-state index in [1.807, 2.05) is 18.2 Å². The molecule has 3 unspecified atom stereocenters. The molecule has 33 heavy (non-hydrogen) atoms. The van der Waals surface area contributed by atoms with Crippen molar-refractivity contribution in [3.63, 3.8) is 0 Å². The van der Waals surface area contributed by atoms with Gasteiger partial charge in [-0.3, -0.25) is 0 Å². The summed E-state index contributed by atoms with van der Waals surface area (Å²) in [5, 5.41) is 0. The van der Waals surface area contributed by atoms with Crippen LogP contribution in [-0.4, -0.2) is 25.0 Å². The fourth-order valence-electron chi connectivity index (χ4n) is 6.29. The summed E-state index contributed by atoms with van der Waals surface area (Å²) in [6, 6.07) is 26.4. The summed E-state index contributed by atoms with van der Waals surface area (Å²) < 4.78 is 7.91. The molecule has 3 atom stereocenters. The zero-order valence-electron chi connectivity index (χ0n) is 19.5. The van der Waals surface area contributed by atoms with Crippen molar-refractivity contribution in [2.75, 3.05) is 14.1 Å². The molecule has 3 aromatic carbocycles. The molecule has 2 nitrogen and oxygen atoms in total. The SMILES string of the molecule is CN(C)C1CCC(c2cccc3c2Cc2ccccc2-3)[CH]([Ti]([NH2])([Cl])([Cl])[CH2]c2ccccc2)C1. The number of hydrogen-bond acceptors (Lipinski definition) is 2. The van der Waals surface area contributed by atoms with E-state index < -0.39 is 13.4 Å². The average Bonchev–Trinajstić information content (AvgIpc) is 3.17. The van der Waals surface area contributed by atoms with Crippen LogP contribution in [-0.2, 0) is 24.6 Å². The van der Waals surface area contributed by atoms with Gasteiger partial charge in [-0.2, -0.15) is 0 Å². The molecule has 0 radical (unpaired) electrons. The standard InChI is InChI=1S/C21H24N.C7H7.2ClH.H2N.Ti/c1-22(2)17-12-10-15(11-13-17)18-8-5-9-20-19-7-4-3-6-16(19)14-21(18)20;1-7-5-3-2-4-6-7;;;;/h3-10,15,17H,11-14H2,1-2H3;2-6H,1H2;2*1H;1H2;/q;;;;-1;+3/p-2. The summed E-state index contributed by atoms with van der Waals surface area (Å²) in [6.07, 6.45) is 4.16. The van der Waals surface area contributed by atoms with Crippen LogP contribution >= 0.6 is 18.6 Å². The van der Waals surface area contributed by atoms with Gasteiger partial charge in [-0.05, 0) is 0 Å². The molecule has 0 amide bonds. The van der Waals surface area contributed by atoms with E-state index in [1.165, 1.54) is 27.8 Å². The molecule has 5 rings (SSSR count). The van der Waals surface area contributed by atoms with Crippen molar-refractivity contribution < 1.29 is 13.4 Å². The molecule has 0 saturated heterocycles. The van der Waals surface area contributed by atoms with Crippen molar-refractivity contribution in [1.82, 2.24) is 4.90 Å². The Morgan fingerprint density at radius 2 is 1.58 bits per heavy atom. The normalized spacial score (nSPS) is 23.6.